The van der Waals surface area contributed by atoms with Crippen LogP contribution in [-0.4, -0.2) is 43.7 Å². The van der Waals surface area contributed by atoms with Crippen molar-refractivity contribution in [2.24, 2.45) is 5.92 Å². The molecule has 0 unspecified atom stereocenters. The number of benzene rings is 3. The van der Waals surface area contributed by atoms with E-state index in [4.69, 9.17) is 23.2 Å². The van der Waals surface area contributed by atoms with Crippen LogP contribution >= 0.6 is 23.2 Å². The van der Waals surface area contributed by atoms with Gasteiger partial charge in [-0.05, 0) is 53.4 Å². The van der Waals surface area contributed by atoms with Crippen LogP contribution in [0.25, 0.3) is 10.8 Å². The van der Waals surface area contributed by atoms with E-state index in [1.165, 1.54) is 4.31 Å². The second-order valence-corrected chi connectivity index (χ2v) is 10.9. The molecule has 1 saturated heterocycles. The van der Waals surface area contributed by atoms with Crippen molar-refractivity contribution in [3.8, 4) is 0 Å². The summed E-state index contributed by atoms with van der Waals surface area (Å²) in [6, 6.07) is 18.2. The molecule has 0 radical (unpaired) electrons. The zero-order valence-electron chi connectivity index (χ0n) is 17.7. The molecule has 0 spiro atoms. The van der Waals surface area contributed by atoms with Gasteiger partial charge in [0.2, 0.25) is 15.9 Å². The Bertz CT molecular complexity index is 1260. The molecular weight excluding hydrogens is 467 g/mol. The van der Waals surface area contributed by atoms with Gasteiger partial charge in [-0.2, -0.15) is 4.31 Å². The Balaban J connectivity index is 1.40. The van der Waals surface area contributed by atoms with E-state index in [1.807, 2.05) is 36.4 Å². The second kappa shape index (κ2) is 9.40. The van der Waals surface area contributed by atoms with Crippen molar-refractivity contribution in [1.82, 2.24) is 9.21 Å². The zero-order valence-corrected chi connectivity index (χ0v) is 20.0. The van der Waals surface area contributed by atoms with Crippen molar-refractivity contribution in [3.05, 3.63) is 76.3 Å². The Morgan fingerprint density at radius 2 is 1.66 bits per heavy atom. The maximum Gasteiger partial charge on any atom is 0.243 e. The van der Waals surface area contributed by atoms with Crippen LogP contribution in [0, 0.1) is 5.92 Å². The maximum absolute atomic E-state index is 13.1. The number of carbonyl (C=O) groups excluding carboxylic acids is 1. The van der Waals surface area contributed by atoms with Gasteiger partial charge in [0.15, 0.2) is 0 Å². The minimum atomic E-state index is -3.60. The molecule has 0 aromatic heterocycles. The first-order chi connectivity index (χ1) is 15.3. The lowest BCUT2D eigenvalue weighted by Crippen LogP contribution is -2.43. The lowest BCUT2D eigenvalue weighted by atomic mass is 9.96. The molecule has 3 aromatic carbocycles. The summed E-state index contributed by atoms with van der Waals surface area (Å²) in [6.45, 7) is 1.07. The molecule has 1 amide bonds. The van der Waals surface area contributed by atoms with E-state index in [-0.39, 0.29) is 16.7 Å². The molecular formula is C24H24Cl2N2O3S. The lowest BCUT2D eigenvalue weighted by molar-refractivity contribution is -0.135. The number of hydrogen-bond donors (Lipinski definition) is 0. The van der Waals surface area contributed by atoms with Gasteiger partial charge in [0.25, 0.3) is 0 Å². The number of rotatable bonds is 5. The van der Waals surface area contributed by atoms with Crippen molar-refractivity contribution in [2.45, 2.75) is 24.3 Å². The molecule has 1 aliphatic rings. The van der Waals surface area contributed by atoms with E-state index >= 15 is 0 Å². The topological polar surface area (TPSA) is 57.7 Å². The highest BCUT2D eigenvalue weighted by Crippen LogP contribution is 2.28. The molecule has 3 aromatic rings. The molecule has 0 bridgehead atoms. The smallest absolute Gasteiger partial charge is 0.243 e. The van der Waals surface area contributed by atoms with Crippen LogP contribution in [-0.2, 0) is 21.4 Å². The first-order valence-electron chi connectivity index (χ1n) is 10.4. The summed E-state index contributed by atoms with van der Waals surface area (Å²) in [6.07, 6.45) is 0.995. The van der Waals surface area contributed by atoms with Crippen LogP contribution in [0.4, 0.5) is 0 Å². The Morgan fingerprint density at radius 3 is 2.34 bits per heavy atom. The standard InChI is InChI=1S/C24H24Cl2N2O3S/c1-27(16-17-6-9-22(25)23(26)14-17)24(29)19-10-12-28(13-11-19)32(30,31)21-8-7-18-4-2-3-5-20(18)15-21/h2-9,14-15,19H,10-13,16H2,1H3. The number of fused-ring (bicyclic) bond motifs is 1. The highest BCUT2D eigenvalue weighted by Gasteiger charge is 2.33. The molecule has 5 nitrogen and oxygen atoms in total. The average molecular weight is 491 g/mol. The van der Waals surface area contributed by atoms with Gasteiger partial charge in [-0.25, -0.2) is 8.42 Å². The third kappa shape index (κ3) is 4.79. The molecule has 4 rings (SSSR count). The zero-order chi connectivity index (χ0) is 22.9. The Kier molecular flexibility index (Phi) is 6.77. The van der Waals surface area contributed by atoms with Gasteiger partial charge in [0, 0.05) is 32.6 Å². The fourth-order valence-corrected chi connectivity index (χ4v) is 5.95. The maximum atomic E-state index is 13.1. The highest BCUT2D eigenvalue weighted by atomic mass is 35.5. The van der Waals surface area contributed by atoms with Gasteiger partial charge < -0.3 is 4.90 Å². The van der Waals surface area contributed by atoms with E-state index in [2.05, 4.69) is 0 Å². The third-order valence-corrected chi connectivity index (χ3v) is 8.58. The van der Waals surface area contributed by atoms with E-state index in [0.717, 1.165) is 16.3 Å². The average Bonchev–Trinajstić information content (AvgIpc) is 2.80. The summed E-state index contributed by atoms with van der Waals surface area (Å²) < 4.78 is 27.8. The molecule has 168 valence electrons. The molecule has 0 saturated carbocycles. The van der Waals surface area contributed by atoms with Gasteiger partial charge in [0.05, 0.1) is 14.9 Å². The summed E-state index contributed by atoms with van der Waals surface area (Å²) in [5.74, 6) is -0.190. The number of amides is 1. The quantitative estimate of drug-likeness (QED) is 0.493. The van der Waals surface area contributed by atoms with E-state index in [0.29, 0.717) is 42.5 Å². The number of hydrogen-bond acceptors (Lipinski definition) is 3. The van der Waals surface area contributed by atoms with Crippen molar-refractivity contribution in [2.75, 3.05) is 20.1 Å². The minimum absolute atomic E-state index is 0.0128. The Labute approximate surface area is 198 Å². The van der Waals surface area contributed by atoms with Crippen LogP contribution in [0.1, 0.15) is 18.4 Å². The van der Waals surface area contributed by atoms with Crippen molar-refractivity contribution in [1.29, 1.82) is 0 Å². The second-order valence-electron chi connectivity index (χ2n) is 8.13. The van der Waals surface area contributed by atoms with Gasteiger partial charge in [0.1, 0.15) is 0 Å². The summed E-state index contributed by atoms with van der Waals surface area (Å²) >= 11 is 12.0. The summed E-state index contributed by atoms with van der Waals surface area (Å²) in [5, 5.41) is 2.82. The van der Waals surface area contributed by atoms with Gasteiger partial charge in [-0.15, -0.1) is 0 Å². The number of carbonyl (C=O) groups is 1. The van der Waals surface area contributed by atoms with Gasteiger partial charge in [-0.3, -0.25) is 4.79 Å². The number of nitrogens with zero attached hydrogens (tertiary/aromatic N) is 2. The molecule has 0 aliphatic carbocycles. The molecule has 1 heterocycles. The van der Waals surface area contributed by atoms with Gasteiger partial charge in [-0.1, -0.05) is 59.6 Å². The van der Waals surface area contributed by atoms with Crippen LogP contribution in [0.15, 0.2) is 65.6 Å². The van der Waals surface area contributed by atoms with E-state index in [1.54, 1.807) is 36.2 Å². The van der Waals surface area contributed by atoms with E-state index in [9.17, 15) is 13.2 Å². The summed E-state index contributed by atoms with van der Waals surface area (Å²) in [4.78, 5) is 14.9. The molecule has 0 N–H and O–H groups in total. The fraction of sp³-hybridized carbons (Fsp3) is 0.292. The monoisotopic (exact) mass is 490 g/mol. The molecule has 8 heteroatoms. The van der Waals surface area contributed by atoms with Crippen molar-refractivity contribution < 1.29 is 13.2 Å². The first kappa shape index (κ1) is 23.1. The van der Waals surface area contributed by atoms with Crippen LogP contribution in [0.2, 0.25) is 10.0 Å². The minimum Gasteiger partial charge on any atom is -0.341 e. The third-order valence-electron chi connectivity index (χ3n) is 5.94. The first-order valence-corrected chi connectivity index (χ1v) is 12.6. The van der Waals surface area contributed by atoms with Gasteiger partial charge >= 0.3 is 0 Å². The largest absolute Gasteiger partial charge is 0.341 e. The van der Waals surface area contributed by atoms with Crippen molar-refractivity contribution in [3.63, 3.8) is 0 Å². The van der Waals surface area contributed by atoms with E-state index < -0.39 is 10.0 Å². The number of sulfonamides is 1. The number of halogens is 2. The lowest BCUT2D eigenvalue weighted by Gasteiger charge is -2.32. The summed E-state index contributed by atoms with van der Waals surface area (Å²) in [7, 11) is -1.85. The molecule has 1 aliphatic heterocycles. The SMILES string of the molecule is CN(Cc1ccc(Cl)c(Cl)c1)C(=O)C1CCN(S(=O)(=O)c2ccc3ccccc3c2)CC1. The van der Waals surface area contributed by atoms with Crippen molar-refractivity contribution >= 4 is 49.9 Å². The molecule has 32 heavy (non-hydrogen) atoms. The Hall–Kier alpha value is -2.12. The predicted molar refractivity (Wildman–Crippen MR) is 128 cm³/mol. The Morgan fingerprint density at radius 1 is 0.969 bits per heavy atom. The number of piperidine rings is 1. The predicted octanol–water partition coefficient (Wildman–Crippen LogP) is 5.21. The molecule has 0 atom stereocenters. The highest BCUT2D eigenvalue weighted by molar-refractivity contribution is 7.89. The van der Waals surface area contributed by atoms with Crippen LogP contribution in [0.3, 0.4) is 0 Å². The summed E-state index contributed by atoms with van der Waals surface area (Å²) in [5.41, 5.74) is 0.895. The van der Waals surface area contributed by atoms with Crippen LogP contribution < -0.4 is 0 Å². The normalized spacial score (nSPS) is 15.7. The fourth-order valence-electron chi connectivity index (χ4n) is 4.12. The molecule has 1 fully saturated rings. The van der Waals surface area contributed by atoms with Crippen LogP contribution in [0.5, 0.6) is 0 Å².